The van der Waals surface area contributed by atoms with Gasteiger partial charge >= 0.3 is 0 Å². The number of carbonyl (C=O) groups is 1. The second-order valence-electron chi connectivity index (χ2n) is 4.95. The van der Waals surface area contributed by atoms with E-state index in [0.29, 0.717) is 5.95 Å². The summed E-state index contributed by atoms with van der Waals surface area (Å²) in [6, 6.07) is 1.81. The maximum absolute atomic E-state index is 11.6. The van der Waals surface area contributed by atoms with Crippen LogP contribution in [0.15, 0.2) is 6.07 Å². The zero-order chi connectivity index (χ0) is 14.3. The Kier molecular flexibility index (Phi) is 3.21. The lowest BCUT2D eigenvalue weighted by Gasteiger charge is -2.24. The molecule has 3 heterocycles. The number of rotatable bonds is 3. The fraction of sp³-hybridized carbons (Fsp3) is 0.462. The monoisotopic (exact) mass is 291 g/mol. The number of nitrogens with one attached hydrogen (secondary N) is 1. The lowest BCUT2D eigenvalue weighted by atomic mass is 10.2. The minimum absolute atomic E-state index is 0.266. The van der Waals surface area contributed by atoms with E-state index in [-0.39, 0.29) is 11.9 Å². The van der Waals surface area contributed by atoms with Gasteiger partial charge in [-0.1, -0.05) is 0 Å². The van der Waals surface area contributed by atoms with Crippen LogP contribution >= 0.6 is 11.3 Å². The standard InChI is InChI=1S/C13H17N5OS/c1-7-6-8-11(16-13(15-2)17-12(8)20-7)18-5-3-4-9(18)10(14)19/h6,9H,3-5H2,1-2H3,(H2,14,19)(H,15,16,17). The number of thiophene rings is 1. The van der Waals surface area contributed by atoms with Gasteiger partial charge in [0.15, 0.2) is 0 Å². The van der Waals surface area contributed by atoms with E-state index in [0.717, 1.165) is 35.4 Å². The summed E-state index contributed by atoms with van der Waals surface area (Å²) in [4.78, 5) is 24.8. The van der Waals surface area contributed by atoms with E-state index < -0.39 is 0 Å². The molecule has 7 heteroatoms. The van der Waals surface area contributed by atoms with Crippen molar-refractivity contribution >= 4 is 39.2 Å². The molecule has 1 fully saturated rings. The number of amides is 1. The summed E-state index contributed by atoms with van der Waals surface area (Å²) in [5.41, 5.74) is 5.51. The highest BCUT2D eigenvalue weighted by molar-refractivity contribution is 7.18. The van der Waals surface area contributed by atoms with Crippen molar-refractivity contribution in [2.24, 2.45) is 5.73 Å². The number of fused-ring (bicyclic) bond motifs is 1. The fourth-order valence-corrected chi connectivity index (χ4v) is 3.55. The van der Waals surface area contributed by atoms with Crippen molar-refractivity contribution in [1.82, 2.24) is 9.97 Å². The molecule has 0 bridgehead atoms. The van der Waals surface area contributed by atoms with Crippen molar-refractivity contribution < 1.29 is 4.79 Å². The van der Waals surface area contributed by atoms with E-state index in [1.807, 2.05) is 11.8 Å². The smallest absolute Gasteiger partial charge is 0.240 e. The van der Waals surface area contributed by atoms with Crippen LogP contribution in [0, 0.1) is 6.92 Å². The summed E-state index contributed by atoms with van der Waals surface area (Å²) < 4.78 is 0. The van der Waals surface area contributed by atoms with E-state index in [1.165, 1.54) is 4.88 Å². The van der Waals surface area contributed by atoms with Gasteiger partial charge in [-0.05, 0) is 25.8 Å². The van der Waals surface area contributed by atoms with Gasteiger partial charge in [0.05, 0.1) is 5.39 Å². The summed E-state index contributed by atoms with van der Waals surface area (Å²) >= 11 is 1.63. The number of hydrogen-bond acceptors (Lipinski definition) is 6. The summed E-state index contributed by atoms with van der Waals surface area (Å²) in [7, 11) is 1.79. The second-order valence-corrected chi connectivity index (χ2v) is 6.19. The molecule has 1 unspecified atom stereocenters. The first-order valence-corrected chi connectivity index (χ1v) is 7.43. The molecule has 20 heavy (non-hydrogen) atoms. The molecular weight excluding hydrogens is 274 g/mol. The van der Waals surface area contributed by atoms with Crippen LogP contribution in [0.25, 0.3) is 10.2 Å². The minimum atomic E-state index is -0.285. The first kappa shape index (κ1) is 13.1. The zero-order valence-corrected chi connectivity index (χ0v) is 12.3. The van der Waals surface area contributed by atoms with Gasteiger partial charge in [0.2, 0.25) is 11.9 Å². The number of anilines is 2. The van der Waals surface area contributed by atoms with Gasteiger partial charge in [-0.15, -0.1) is 11.3 Å². The molecule has 2 aromatic heterocycles. The van der Waals surface area contributed by atoms with Crippen LogP contribution in [0.3, 0.4) is 0 Å². The van der Waals surface area contributed by atoms with Crippen molar-refractivity contribution in [1.29, 1.82) is 0 Å². The van der Waals surface area contributed by atoms with Gasteiger partial charge in [0.25, 0.3) is 0 Å². The Morgan fingerprint density at radius 1 is 1.55 bits per heavy atom. The highest BCUT2D eigenvalue weighted by Gasteiger charge is 2.31. The average molecular weight is 291 g/mol. The normalized spacial score (nSPS) is 18.7. The first-order valence-electron chi connectivity index (χ1n) is 6.62. The van der Waals surface area contributed by atoms with E-state index in [9.17, 15) is 4.79 Å². The quantitative estimate of drug-likeness (QED) is 0.895. The van der Waals surface area contributed by atoms with Gasteiger partial charge in [0.1, 0.15) is 16.7 Å². The minimum Gasteiger partial charge on any atom is -0.368 e. The molecule has 1 amide bonds. The van der Waals surface area contributed by atoms with Gasteiger partial charge in [-0.3, -0.25) is 4.79 Å². The van der Waals surface area contributed by atoms with Crippen LogP contribution in [-0.2, 0) is 4.79 Å². The van der Waals surface area contributed by atoms with Crippen molar-refractivity contribution in [2.45, 2.75) is 25.8 Å². The topological polar surface area (TPSA) is 84.1 Å². The lowest BCUT2D eigenvalue weighted by Crippen LogP contribution is -2.40. The van der Waals surface area contributed by atoms with E-state index in [4.69, 9.17) is 5.73 Å². The maximum atomic E-state index is 11.6. The third kappa shape index (κ3) is 2.07. The fourth-order valence-electron chi connectivity index (χ4n) is 2.67. The predicted octanol–water partition coefficient (Wildman–Crippen LogP) is 1.50. The Morgan fingerprint density at radius 3 is 3.05 bits per heavy atom. The van der Waals surface area contributed by atoms with Crippen LogP contribution in [-0.4, -0.2) is 35.5 Å². The van der Waals surface area contributed by atoms with E-state index >= 15 is 0 Å². The van der Waals surface area contributed by atoms with Gasteiger partial charge in [-0.25, -0.2) is 4.98 Å². The van der Waals surface area contributed by atoms with E-state index in [2.05, 4.69) is 21.4 Å². The molecule has 1 aliphatic heterocycles. The number of nitrogens with two attached hydrogens (primary N) is 1. The summed E-state index contributed by atoms with van der Waals surface area (Å²) in [5, 5.41) is 3.98. The molecule has 3 N–H and O–H groups in total. The highest BCUT2D eigenvalue weighted by Crippen LogP contribution is 2.34. The number of aromatic nitrogens is 2. The Labute approximate surface area is 121 Å². The molecule has 0 aromatic carbocycles. The Balaban J connectivity index is 2.16. The van der Waals surface area contributed by atoms with Crippen LogP contribution in [0.5, 0.6) is 0 Å². The van der Waals surface area contributed by atoms with E-state index in [1.54, 1.807) is 18.4 Å². The van der Waals surface area contributed by atoms with Gasteiger partial charge < -0.3 is 16.0 Å². The molecule has 0 saturated carbocycles. The molecule has 3 rings (SSSR count). The maximum Gasteiger partial charge on any atom is 0.240 e. The van der Waals surface area contributed by atoms with Crippen LogP contribution in [0.2, 0.25) is 0 Å². The Morgan fingerprint density at radius 2 is 2.35 bits per heavy atom. The molecule has 0 radical (unpaired) electrons. The SMILES string of the molecule is CNc1nc(N2CCCC2C(N)=O)c2cc(C)sc2n1. The van der Waals surface area contributed by atoms with Gasteiger partial charge in [0, 0.05) is 18.5 Å². The predicted molar refractivity (Wildman–Crippen MR) is 81.3 cm³/mol. The second kappa shape index (κ2) is 4.90. The summed E-state index contributed by atoms with van der Waals surface area (Å²) in [6.45, 7) is 2.85. The molecule has 2 aromatic rings. The summed E-state index contributed by atoms with van der Waals surface area (Å²) in [6.07, 6.45) is 1.75. The summed E-state index contributed by atoms with van der Waals surface area (Å²) in [5.74, 6) is 1.10. The molecule has 1 saturated heterocycles. The molecular formula is C13H17N5OS. The molecule has 0 spiro atoms. The van der Waals surface area contributed by atoms with Crippen LogP contribution < -0.4 is 16.0 Å². The third-order valence-electron chi connectivity index (χ3n) is 3.57. The number of hydrogen-bond donors (Lipinski definition) is 2. The average Bonchev–Trinajstić information content (AvgIpc) is 3.02. The third-order valence-corrected chi connectivity index (χ3v) is 4.52. The zero-order valence-electron chi connectivity index (χ0n) is 11.5. The highest BCUT2D eigenvalue weighted by atomic mass is 32.1. The van der Waals surface area contributed by atoms with Crippen LogP contribution in [0.1, 0.15) is 17.7 Å². The number of nitrogens with zero attached hydrogens (tertiary/aromatic N) is 3. The van der Waals surface area contributed by atoms with Crippen molar-refractivity contribution in [2.75, 3.05) is 23.8 Å². The Bertz CT molecular complexity index is 668. The molecule has 106 valence electrons. The molecule has 6 nitrogen and oxygen atoms in total. The number of primary amides is 1. The molecule has 0 aliphatic carbocycles. The lowest BCUT2D eigenvalue weighted by molar-refractivity contribution is -0.119. The molecule has 1 aliphatic rings. The van der Waals surface area contributed by atoms with Crippen LogP contribution in [0.4, 0.5) is 11.8 Å². The van der Waals surface area contributed by atoms with Crippen molar-refractivity contribution in [3.8, 4) is 0 Å². The number of carbonyl (C=O) groups excluding carboxylic acids is 1. The molecule has 1 atom stereocenters. The van der Waals surface area contributed by atoms with Crippen molar-refractivity contribution in [3.05, 3.63) is 10.9 Å². The first-order chi connectivity index (χ1) is 9.60. The Hall–Kier alpha value is -1.89. The van der Waals surface area contributed by atoms with Crippen molar-refractivity contribution in [3.63, 3.8) is 0 Å². The van der Waals surface area contributed by atoms with Gasteiger partial charge in [-0.2, -0.15) is 4.98 Å². The largest absolute Gasteiger partial charge is 0.368 e. The number of aryl methyl sites for hydroxylation is 1.